The van der Waals surface area contributed by atoms with Gasteiger partial charge in [-0.3, -0.25) is 4.90 Å². The number of hydrogen-bond acceptors (Lipinski definition) is 5. The van der Waals surface area contributed by atoms with Crippen LogP contribution in [0.2, 0.25) is 0 Å². The molecule has 2 rings (SSSR count). The Morgan fingerprint density at radius 2 is 2.05 bits per heavy atom. The second kappa shape index (κ2) is 6.38. The molecule has 1 aromatic rings. The minimum absolute atomic E-state index is 0.274. The van der Waals surface area contributed by atoms with Crippen LogP contribution in [0.4, 0.5) is 0 Å². The lowest BCUT2D eigenvalue weighted by Crippen LogP contribution is -2.35. The van der Waals surface area contributed by atoms with Gasteiger partial charge in [0.1, 0.15) is 5.75 Å². The lowest BCUT2D eigenvalue weighted by molar-refractivity contribution is 0.0339. The first-order valence-corrected chi connectivity index (χ1v) is 9.95. The van der Waals surface area contributed by atoms with E-state index in [4.69, 9.17) is 9.47 Å². The molecule has 19 heavy (non-hydrogen) atoms. The summed E-state index contributed by atoms with van der Waals surface area (Å²) < 4.78 is 33.6. The molecule has 1 aliphatic rings. The predicted octanol–water partition coefficient (Wildman–Crippen LogP) is 1.65. The largest absolute Gasteiger partial charge is 0.496 e. The maximum atomic E-state index is 11.5. The quantitative estimate of drug-likeness (QED) is 0.572. The van der Waals surface area contributed by atoms with Gasteiger partial charge in [0.05, 0.1) is 46.4 Å². The zero-order chi connectivity index (χ0) is 13.9. The standard InChI is InChI=1S/C12H16INO4S/c1-17-12-8-11(19(13,15)16)3-2-10(12)9-14-4-6-18-7-5-14/h2-3,8H,4-7,9H2,1H3. The molecule has 0 N–H and O–H groups in total. The molecule has 1 saturated heterocycles. The number of morpholine rings is 1. The third-order valence-corrected chi connectivity index (χ3v) is 5.38. The summed E-state index contributed by atoms with van der Waals surface area (Å²) >= 11 is 1.43. The van der Waals surface area contributed by atoms with Crippen LogP contribution in [0.25, 0.3) is 0 Å². The highest BCUT2D eigenvalue weighted by Gasteiger charge is 2.16. The predicted molar refractivity (Wildman–Crippen MR) is 80.3 cm³/mol. The Labute approximate surface area is 125 Å². The minimum atomic E-state index is -3.23. The fraction of sp³-hybridized carbons (Fsp3) is 0.500. The molecule has 0 aromatic heterocycles. The van der Waals surface area contributed by atoms with E-state index in [9.17, 15) is 8.42 Å². The van der Waals surface area contributed by atoms with Crippen LogP contribution in [0.5, 0.6) is 5.75 Å². The number of hydrogen-bond donors (Lipinski definition) is 0. The summed E-state index contributed by atoms with van der Waals surface area (Å²) in [6.45, 7) is 3.99. The molecule has 0 amide bonds. The summed E-state index contributed by atoms with van der Waals surface area (Å²) in [6, 6.07) is 5.03. The van der Waals surface area contributed by atoms with Crippen LogP contribution in [-0.4, -0.2) is 46.7 Å². The summed E-state index contributed by atoms with van der Waals surface area (Å²) in [5, 5.41) is 0. The summed E-state index contributed by atoms with van der Waals surface area (Å²) in [5.74, 6) is 0.615. The molecule has 0 aliphatic carbocycles. The molecule has 1 heterocycles. The summed E-state index contributed by atoms with van der Waals surface area (Å²) in [6.07, 6.45) is 0. The van der Waals surface area contributed by atoms with Gasteiger partial charge in [-0.2, -0.15) is 0 Å². The molecule has 106 valence electrons. The molecule has 0 spiro atoms. The highest BCUT2D eigenvalue weighted by molar-refractivity contribution is 14.2. The van der Waals surface area contributed by atoms with Crippen molar-refractivity contribution >= 4 is 28.2 Å². The highest BCUT2D eigenvalue weighted by atomic mass is 127. The summed E-state index contributed by atoms with van der Waals surface area (Å²) in [7, 11) is -1.67. The molecule has 0 unspecified atom stereocenters. The number of nitrogens with zero attached hydrogens (tertiary/aromatic N) is 1. The van der Waals surface area contributed by atoms with Crippen LogP contribution in [-0.2, 0) is 18.3 Å². The first kappa shape index (κ1) is 15.0. The molecule has 7 heteroatoms. The monoisotopic (exact) mass is 397 g/mol. The van der Waals surface area contributed by atoms with Crippen LogP contribution in [0.3, 0.4) is 0 Å². The second-order valence-corrected chi connectivity index (χ2v) is 9.13. The minimum Gasteiger partial charge on any atom is -0.496 e. The van der Waals surface area contributed by atoms with Gasteiger partial charge in [0, 0.05) is 25.2 Å². The van der Waals surface area contributed by atoms with E-state index in [-0.39, 0.29) is 4.90 Å². The van der Waals surface area contributed by atoms with Crippen molar-refractivity contribution in [1.82, 2.24) is 4.90 Å². The normalized spacial score (nSPS) is 17.4. The van der Waals surface area contributed by atoms with Crippen LogP contribution < -0.4 is 4.74 Å². The molecule has 0 bridgehead atoms. The smallest absolute Gasteiger partial charge is 0.231 e. The number of ether oxygens (including phenoxy) is 2. The van der Waals surface area contributed by atoms with Crippen LogP contribution >= 0.6 is 21.2 Å². The van der Waals surface area contributed by atoms with Crippen molar-refractivity contribution in [2.75, 3.05) is 33.4 Å². The van der Waals surface area contributed by atoms with E-state index < -0.39 is 7.01 Å². The van der Waals surface area contributed by atoms with Gasteiger partial charge in [0.2, 0.25) is 7.01 Å². The Morgan fingerprint density at radius 1 is 1.37 bits per heavy atom. The molecule has 1 aromatic carbocycles. The topological polar surface area (TPSA) is 55.8 Å². The molecule has 1 fully saturated rings. The van der Waals surface area contributed by atoms with Crippen molar-refractivity contribution in [2.45, 2.75) is 11.4 Å². The Bertz CT molecular complexity index is 541. The molecule has 5 nitrogen and oxygen atoms in total. The fourth-order valence-electron chi connectivity index (χ4n) is 2.01. The number of benzene rings is 1. The molecular weight excluding hydrogens is 381 g/mol. The second-order valence-electron chi connectivity index (χ2n) is 4.30. The Morgan fingerprint density at radius 3 is 2.63 bits per heavy atom. The maximum Gasteiger partial charge on any atom is 0.231 e. The van der Waals surface area contributed by atoms with Gasteiger partial charge >= 0.3 is 0 Å². The van der Waals surface area contributed by atoms with Gasteiger partial charge < -0.3 is 9.47 Å². The third kappa shape index (κ3) is 4.04. The average molecular weight is 397 g/mol. The van der Waals surface area contributed by atoms with Crippen molar-refractivity contribution in [3.8, 4) is 5.75 Å². The molecule has 0 saturated carbocycles. The average Bonchev–Trinajstić information content (AvgIpc) is 2.39. The van der Waals surface area contributed by atoms with Crippen LogP contribution in [0, 0.1) is 0 Å². The van der Waals surface area contributed by atoms with E-state index >= 15 is 0 Å². The van der Waals surface area contributed by atoms with Crippen molar-refractivity contribution in [3.63, 3.8) is 0 Å². The zero-order valence-corrected chi connectivity index (χ0v) is 13.6. The van der Waals surface area contributed by atoms with Crippen molar-refractivity contribution in [2.24, 2.45) is 0 Å². The van der Waals surface area contributed by atoms with Crippen LogP contribution in [0.15, 0.2) is 23.1 Å². The lowest BCUT2D eigenvalue weighted by Gasteiger charge is -2.27. The molecule has 0 radical (unpaired) electrons. The van der Waals surface area contributed by atoms with Crippen LogP contribution in [0.1, 0.15) is 5.56 Å². The zero-order valence-electron chi connectivity index (χ0n) is 10.6. The Hall–Kier alpha value is -0.380. The first-order chi connectivity index (χ1) is 9.00. The van der Waals surface area contributed by atoms with Gasteiger partial charge in [-0.25, -0.2) is 8.42 Å². The first-order valence-electron chi connectivity index (χ1n) is 5.92. The van der Waals surface area contributed by atoms with Crippen molar-refractivity contribution in [3.05, 3.63) is 23.8 Å². The van der Waals surface area contributed by atoms with E-state index in [0.29, 0.717) is 5.75 Å². The maximum absolute atomic E-state index is 11.5. The Balaban J connectivity index is 2.20. The van der Waals surface area contributed by atoms with Crippen molar-refractivity contribution < 1.29 is 17.9 Å². The van der Waals surface area contributed by atoms with E-state index in [2.05, 4.69) is 4.90 Å². The molecule has 0 atom stereocenters. The van der Waals surface area contributed by atoms with E-state index in [0.717, 1.165) is 38.4 Å². The fourth-order valence-corrected chi connectivity index (χ4v) is 3.31. The number of rotatable bonds is 4. The summed E-state index contributed by atoms with van der Waals surface area (Å²) in [4.78, 5) is 2.54. The molecule has 1 aliphatic heterocycles. The van der Waals surface area contributed by atoms with Gasteiger partial charge in [-0.05, 0) is 12.1 Å². The van der Waals surface area contributed by atoms with Gasteiger partial charge in [0.25, 0.3) is 0 Å². The van der Waals surface area contributed by atoms with Gasteiger partial charge in [-0.15, -0.1) is 0 Å². The number of halogens is 1. The molecular formula is C12H16INO4S. The van der Waals surface area contributed by atoms with E-state index in [1.807, 2.05) is 6.07 Å². The highest BCUT2D eigenvalue weighted by Crippen LogP contribution is 2.27. The van der Waals surface area contributed by atoms with Gasteiger partial charge in [-0.1, -0.05) is 6.07 Å². The lowest BCUT2D eigenvalue weighted by atomic mass is 10.2. The number of methoxy groups -OCH3 is 1. The Kier molecular flexibility index (Phi) is 5.04. The third-order valence-electron chi connectivity index (χ3n) is 3.04. The van der Waals surface area contributed by atoms with E-state index in [1.54, 1.807) is 19.2 Å². The summed E-state index contributed by atoms with van der Waals surface area (Å²) in [5.41, 5.74) is 0.994. The SMILES string of the molecule is COc1cc(S(=O)(=O)I)ccc1CN1CCOCC1. The van der Waals surface area contributed by atoms with Crippen molar-refractivity contribution in [1.29, 1.82) is 0 Å². The van der Waals surface area contributed by atoms with E-state index in [1.165, 1.54) is 21.2 Å². The van der Waals surface area contributed by atoms with Gasteiger partial charge in [0.15, 0.2) is 0 Å².